The highest BCUT2D eigenvalue weighted by Gasteiger charge is 2.03. The van der Waals surface area contributed by atoms with Crippen LogP contribution in [0.3, 0.4) is 0 Å². The van der Waals surface area contributed by atoms with E-state index >= 15 is 0 Å². The standard InChI is InChI=1S/C6H5N3.C6H7NO2S.C5H5N/c1-2-4-6-5(3-1)7-9-8-6;7-10(8,9)6-4-2-1-3-5-6;1-2-4-6-5-3-1/h1-4H,(H,7,8,9);1-5H,(H2,7,8,9);1-5H. The van der Waals surface area contributed by atoms with Crippen LogP contribution in [0.1, 0.15) is 0 Å². The van der Waals surface area contributed by atoms with Gasteiger partial charge in [-0.05, 0) is 36.4 Å². The number of primary sulfonamides is 1. The van der Waals surface area contributed by atoms with Gasteiger partial charge in [-0.25, -0.2) is 13.6 Å². The molecule has 0 fully saturated rings. The molecule has 0 atom stereocenters. The highest BCUT2D eigenvalue weighted by atomic mass is 32.2. The second-order valence-corrected chi connectivity index (χ2v) is 6.27. The van der Waals surface area contributed by atoms with E-state index in [1.165, 1.54) is 12.1 Å². The fourth-order valence-corrected chi connectivity index (χ4v) is 2.25. The zero-order valence-electron chi connectivity index (χ0n) is 13.2. The van der Waals surface area contributed by atoms with Gasteiger partial charge in [-0.1, -0.05) is 41.6 Å². The summed E-state index contributed by atoms with van der Waals surface area (Å²) in [6, 6.07) is 21.3. The zero-order valence-corrected chi connectivity index (χ0v) is 14.0. The number of aromatic nitrogens is 4. The number of H-pyrrole nitrogens is 1. The molecule has 4 rings (SSSR count). The van der Waals surface area contributed by atoms with Gasteiger partial charge in [0.15, 0.2) is 0 Å². The second-order valence-electron chi connectivity index (χ2n) is 4.71. The van der Waals surface area contributed by atoms with Crippen molar-refractivity contribution < 1.29 is 8.42 Å². The molecule has 2 aromatic carbocycles. The van der Waals surface area contributed by atoms with Gasteiger partial charge in [0.05, 0.1) is 10.4 Å². The molecule has 2 heterocycles. The monoisotopic (exact) mass is 355 g/mol. The number of aromatic amines is 1. The highest BCUT2D eigenvalue weighted by molar-refractivity contribution is 7.89. The Morgan fingerprint density at radius 3 is 1.88 bits per heavy atom. The van der Waals surface area contributed by atoms with E-state index in [1.807, 2.05) is 42.5 Å². The molecule has 0 unspecified atom stereocenters. The fraction of sp³-hybridized carbons (Fsp3) is 0. The quantitative estimate of drug-likeness (QED) is 0.544. The van der Waals surface area contributed by atoms with Crippen molar-refractivity contribution in [1.29, 1.82) is 0 Å². The van der Waals surface area contributed by atoms with Crippen molar-refractivity contribution in [3.63, 3.8) is 0 Å². The van der Waals surface area contributed by atoms with Crippen LogP contribution >= 0.6 is 0 Å². The van der Waals surface area contributed by atoms with Gasteiger partial charge < -0.3 is 0 Å². The van der Waals surface area contributed by atoms with E-state index in [0.717, 1.165) is 11.0 Å². The minimum Gasteiger partial charge on any atom is -0.265 e. The minimum absolute atomic E-state index is 0.148. The van der Waals surface area contributed by atoms with Gasteiger partial charge in [-0.2, -0.15) is 0 Å². The molecule has 8 heteroatoms. The number of rotatable bonds is 1. The first-order valence-electron chi connectivity index (χ1n) is 7.26. The van der Waals surface area contributed by atoms with Crippen molar-refractivity contribution in [3.05, 3.63) is 85.2 Å². The third-order valence-electron chi connectivity index (χ3n) is 2.87. The lowest BCUT2D eigenvalue weighted by molar-refractivity contribution is 0.598. The maximum absolute atomic E-state index is 10.6. The number of hydrogen-bond donors (Lipinski definition) is 2. The van der Waals surface area contributed by atoms with Crippen LogP contribution in [0.2, 0.25) is 0 Å². The number of para-hydroxylation sites is 1. The first-order valence-corrected chi connectivity index (χ1v) is 8.80. The lowest BCUT2D eigenvalue weighted by atomic mass is 10.3. The predicted octanol–water partition coefficient (Wildman–Crippen LogP) is 2.37. The summed E-state index contributed by atoms with van der Waals surface area (Å²) in [5.41, 5.74) is 1.90. The van der Waals surface area contributed by atoms with Gasteiger partial charge in [-0.15, -0.1) is 5.10 Å². The summed E-state index contributed by atoms with van der Waals surface area (Å²) >= 11 is 0. The molecule has 0 saturated heterocycles. The summed E-state index contributed by atoms with van der Waals surface area (Å²) < 4.78 is 21.2. The summed E-state index contributed by atoms with van der Waals surface area (Å²) in [5.74, 6) is 0. The lowest BCUT2D eigenvalue weighted by Crippen LogP contribution is -2.11. The third-order valence-corrected chi connectivity index (χ3v) is 3.80. The van der Waals surface area contributed by atoms with Crippen molar-refractivity contribution in [3.8, 4) is 0 Å². The Balaban J connectivity index is 0.000000139. The average molecular weight is 355 g/mol. The molecule has 0 saturated carbocycles. The summed E-state index contributed by atoms with van der Waals surface area (Å²) in [7, 11) is -3.50. The lowest BCUT2D eigenvalue weighted by Gasteiger charge is -1.93. The summed E-state index contributed by atoms with van der Waals surface area (Å²) in [6.07, 6.45) is 3.50. The molecule has 0 amide bonds. The molecular weight excluding hydrogens is 338 g/mol. The Hall–Kier alpha value is -3.10. The average Bonchev–Trinajstić information content (AvgIpc) is 3.13. The molecule has 2 aromatic heterocycles. The second kappa shape index (κ2) is 9.26. The zero-order chi connectivity index (χ0) is 18.0. The van der Waals surface area contributed by atoms with Crippen molar-refractivity contribution >= 4 is 21.1 Å². The number of sulfonamides is 1. The van der Waals surface area contributed by atoms with Gasteiger partial charge >= 0.3 is 0 Å². The molecule has 0 aliphatic heterocycles. The van der Waals surface area contributed by atoms with Crippen LogP contribution in [-0.4, -0.2) is 28.8 Å². The summed E-state index contributed by atoms with van der Waals surface area (Å²) in [4.78, 5) is 3.93. The molecule has 0 radical (unpaired) electrons. The SMILES string of the molecule is NS(=O)(=O)c1ccccc1.c1ccc2[nH]nnc2c1.c1ccncc1. The Labute approximate surface area is 145 Å². The van der Waals surface area contributed by atoms with E-state index < -0.39 is 10.0 Å². The fourth-order valence-electron chi connectivity index (χ4n) is 1.71. The number of nitrogens with two attached hydrogens (primary N) is 1. The van der Waals surface area contributed by atoms with Gasteiger partial charge in [0.1, 0.15) is 5.52 Å². The van der Waals surface area contributed by atoms with Crippen LogP contribution in [-0.2, 0) is 10.0 Å². The van der Waals surface area contributed by atoms with E-state index in [9.17, 15) is 8.42 Å². The maximum atomic E-state index is 10.6. The molecule has 3 N–H and O–H groups in total. The first-order chi connectivity index (χ1) is 12.1. The van der Waals surface area contributed by atoms with Crippen molar-refractivity contribution in [2.75, 3.05) is 0 Å². The topological polar surface area (TPSA) is 115 Å². The largest absolute Gasteiger partial charge is 0.265 e. The Bertz CT molecular complexity index is 917. The Morgan fingerprint density at radius 1 is 0.800 bits per heavy atom. The summed E-state index contributed by atoms with van der Waals surface area (Å²) in [5, 5.41) is 15.0. The highest BCUT2D eigenvalue weighted by Crippen LogP contribution is 2.04. The summed E-state index contributed by atoms with van der Waals surface area (Å²) in [6.45, 7) is 0. The Morgan fingerprint density at radius 2 is 1.40 bits per heavy atom. The number of hydrogen-bond acceptors (Lipinski definition) is 5. The van der Waals surface area contributed by atoms with E-state index in [0.29, 0.717) is 0 Å². The molecular formula is C17H17N5O2S. The third kappa shape index (κ3) is 6.50. The van der Waals surface area contributed by atoms with Crippen LogP contribution in [0.25, 0.3) is 11.0 Å². The smallest absolute Gasteiger partial charge is 0.238 e. The first kappa shape index (κ1) is 18.2. The molecule has 0 spiro atoms. The van der Waals surface area contributed by atoms with Gasteiger partial charge in [0.25, 0.3) is 0 Å². The van der Waals surface area contributed by atoms with E-state index in [1.54, 1.807) is 30.6 Å². The van der Waals surface area contributed by atoms with E-state index in [-0.39, 0.29) is 4.90 Å². The molecule has 4 aromatic rings. The molecule has 0 aliphatic carbocycles. The van der Waals surface area contributed by atoms with Crippen molar-refractivity contribution in [2.45, 2.75) is 4.90 Å². The molecule has 0 bridgehead atoms. The van der Waals surface area contributed by atoms with Crippen LogP contribution in [0.5, 0.6) is 0 Å². The normalized spacial score (nSPS) is 10.1. The molecule has 0 aliphatic rings. The number of nitrogens with zero attached hydrogens (tertiary/aromatic N) is 3. The number of nitrogens with one attached hydrogen (secondary N) is 1. The van der Waals surface area contributed by atoms with Gasteiger partial charge in [0, 0.05) is 12.4 Å². The minimum atomic E-state index is -3.50. The van der Waals surface area contributed by atoms with Crippen molar-refractivity contribution in [2.24, 2.45) is 5.14 Å². The number of pyridine rings is 1. The van der Waals surface area contributed by atoms with E-state index in [4.69, 9.17) is 5.14 Å². The molecule has 7 nitrogen and oxygen atoms in total. The van der Waals surface area contributed by atoms with Crippen molar-refractivity contribution in [1.82, 2.24) is 20.4 Å². The van der Waals surface area contributed by atoms with Gasteiger partial charge in [0.2, 0.25) is 10.0 Å². The molecule has 25 heavy (non-hydrogen) atoms. The number of benzene rings is 2. The molecule has 128 valence electrons. The Kier molecular flexibility index (Phi) is 6.76. The van der Waals surface area contributed by atoms with Crippen LogP contribution in [0, 0.1) is 0 Å². The number of fused-ring (bicyclic) bond motifs is 1. The van der Waals surface area contributed by atoms with Crippen LogP contribution < -0.4 is 5.14 Å². The van der Waals surface area contributed by atoms with Gasteiger partial charge in [-0.3, -0.25) is 10.1 Å². The maximum Gasteiger partial charge on any atom is 0.238 e. The van der Waals surface area contributed by atoms with E-state index in [2.05, 4.69) is 20.4 Å². The van der Waals surface area contributed by atoms with Crippen LogP contribution in [0.4, 0.5) is 0 Å². The van der Waals surface area contributed by atoms with Crippen LogP contribution in [0.15, 0.2) is 90.1 Å². The predicted molar refractivity (Wildman–Crippen MR) is 95.9 cm³/mol.